The fourth-order valence-corrected chi connectivity index (χ4v) is 7.22. The van der Waals surface area contributed by atoms with Gasteiger partial charge in [-0.3, -0.25) is 15.0 Å². The third-order valence-electron chi connectivity index (χ3n) is 8.27. The fourth-order valence-electron chi connectivity index (χ4n) is 7.22. The molecule has 0 radical (unpaired) electrons. The molecule has 2 saturated heterocycles. The van der Waals surface area contributed by atoms with Gasteiger partial charge in [-0.1, -0.05) is 44.2 Å². The van der Waals surface area contributed by atoms with E-state index in [1.165, 1.54) is 64.2 Å². The summed E-state index contributed by atoms with van der Waals surface area (Å²) in [4.78, 5) is 14.1. The van der Waals surface area contributed by atoms with Crippen LogP contribution in [0.1, 0.15) is 77.0 Å². The van der Waals surface area contributed by atoms with Gasteiger partial charge in [0.15, 0.2) is 0 Å². The first-order chi connectivity index (χ1) is 14.2. The molecule has 4 fully saturated rings. The lowest BCUT2D eigenvalue weighted by Crippen LogP contribution is -2.59. The summed E-state index contributed by atoms with van der Waals surface area (Å²) in [7, 11) is 0. The second-order valence-electron chi connectivity index (χ2n) is 10.2. The average molecular weight is 398 g/mol. The van der Waals surface area contributed by atoms with Gasteiger partial charge in [-0.2, -0.15) is 0 Å². The minimum Gasteiger partial charge on any atom is -0.377 e. The topological polar surface area (TPSA) is 58.4 Å². The van der Waals surface area contributed by atoms with Gasteiger partial charge in [-0.15, -0.1) is 0 Å². The van der Waals surface area contributed by atoms with Gasteiger partial charge in [0.2, 0.25) is 0 Å². The highest BCUT2D eigenvalue weighted by Crippen LogP contribution is 2.45. The van der Waals surface area contributed by atoms with Gasteiger partial charge in [-0.05, 0) is 62.8 Å². The molecule has 0 amide bonds. The Morgan fingerprint density at radius 3 is 2.14 bits per heavy atom. The van der Waals surface area contributed by atoms with Crippen molar-refractivity contribution < 1.29 is 4.92 Å². The van der Waals surface area contributed by atoms with E-state index in [1.807, 2.05) is 12.1 Å². The monoisotopic (exact) mass is 397 g/mol. The highest BCUT2D eigenvalue weighted by molar-refractivity contribution is 5.61. The molecule has 1 aromatic rings. The molecule has 5 nitrogen and oxygen atoms in total. The van der Waals surface area contributed by atoms with Crippen LogP contribution in [0.25, 0.3) is 0 Å². The zero-order valence-corrected chi connectivity index (χ0v) is 17.5. The number of benzene rings is 1. The first-order valence-electron chi connectivity index (χ1n) is 11.9. The van der Waals surface area contributed by atoms with Gasteiger partial charge in [0.1, 0.15) is 5.69 Å². The summed E-state index contributed by atoms with van der Waals surface area (Å²) in [6.45, 7) is 0. The molecule has 2 saturated carbocycles. The number of hydrogen-bond donors (Lipinski definition) is 1. The molecule has 0 unspecified atom stereocenters. The van der Waals surface area contributed by atoms with Crippen LogP contribution in [0.3, 0.4) is 0 Å². The van der Waals surface area contributed by atoms with Crippen molar-refractivity contribution in [3.63, 3.8) is 0 Å². The zero-order valence-electron chi connectivity index (χ0n) is 17.5. The first kappa shape index (κ1) is 19.3. The maximum Gasteiger partial charge on any atom is 0.292 e. The van der Waals surface area contributed by atoms with Crippen LogP contribution < -0.4 is 5.32 Å². The Hall–Kier alpha value is -1.62. The molecule has 5 heteroatoms. The molecule has 2 aliphatic heterocycles. The third kappa shape index (κ3) is 4.03. The third-order valence-corrected chi connectivity index (χ3v) is 8.27. The molecule has 4 aliphatic rings. The molecule has 1 N–H and O–H groups in total. The van der Waals surface area contributed by atoms with E-state index in [0.717, 1.165) is 30.7 Å². The zero-order chi connectivity index (χ0) is 19.8. The van der Waals surface area contributed by atoms with Crippen LogP contribution in [0.4, 0.5) is 11.4 Å². The van der Waals surface area contributed by atoms with Crippen molar-refractivity contribution in [1.29, 1.82) is 0 Å². The predicted molar refractivity (Wildman–Crippen MR) is 116 cm³/mol. The van der Waals surface area contributed by atoms with E-state index in [0.29, 0.717) is 23.8 Å². The standard InChI is InChI=1S/C24H35N3O2/c28-27(29)24-11-4-3-10-23(24)25-19-15-20-8-5-9-21(16-19)26(20)22-13-17-6-1-2-7-18(12-17)14-22/h3-4,10-11,17-22,25H,1-2,5-9,12-16H2/t17-,18+,19-,20+,21-,22-. The number of hydrogen-bond acceptors (Lipinski definition) is 4. The SMILES string of the molecule is O=[N+]([O-])c1ccccc1N[C@H]1C[C@H]2CCC[C@@H](C1)N2[C@@H]1C[C@@H]2CCCC[C@@H](C2)C1. The van der Waals surface area contributed by atoms with Crippen LogP contribution in [0.15, 0.2) is 24.3 Å². The maximum absolute atomic E-state index is 11.4. The van der Waals surface area contributed by atoms with E-state index in [4.69, 9.17) is 0 Å². The number of nitro groups is 1. The fraction of sp³-hybridized carbons (Fsp3) is 0.750. The summed E-state index contributed by atoms with van der Waals surface area (Å²) in [5, 5.41) is 15.0. The van der Waals surface area contributed by atoms with Crippen molar-refractivity contribution in [2.24, 2.45) is 11.8 Å². The number of rotatable bonds is 4. The Morgan fingerprint density at radius 2 is 1.48 bits per heavy atom. The normalized spacial score (nSPS) is 37.5. The molecule has 158 valence electrons. The summed E-state index contributed by atoms with van der Waals surface area (Å²) >= 11 is 0. The summed E-state index contributed by atoms with van der Waals surface area (Å²) in [5.41, 5.74) is 0.897. The van der Waals surface area contributed by atoms with E-state index >= 15 is 0 Å². The van der Waals surface area contributed by atoms with E-state index in [9.17, 15) is 10.1 Å². The quantitative estimate of drug-likeness (QED) is 0.519. The maximum atomic E-state index is 11.4. The smallest absolute Gasteiger partial charge is 0.292 e. The number of para-hydroxylation sites is 2. The summed E-state index contributed by atoms with van der Waals surface area (Å²) in [6.07, 6.45) is 16.4. The number of piperidine rings is 2. The van der Waals surface area contributed by atoms with Gasteiger partial charge >= 0.3 is 0 Å². The van der Waals surface area contributed by atoms with Crippen molar-refractivity contribution >= 4 is 11.4 Å². The molecular weight excluding hydrogens is 362 g/mol. The van der Waals surface area contributed by atoms with Crippen molar-refractivity contribution in [2.45, 2.75) is 101 Å². The predicted octanol–water partition coefficient (Wildman–Crippen LogP) is 5.75. The van der Waals surface area contributed by atoms with E-state index < -0.39 is 0 Å². The van der Waals surface area contributed by atoms with Gasteiger partial charge in [0, 0.05) is 30.2 Å². The summed E-state index contributed by atoms with van der Waals surface area (Å²) in [6, 6.07) is 9.60. The van der Waals surface area contributed by atoms with Crippen LogP contribution in [0.2, 0.25) is 0 Å². The van der Waals surface area contributed by atoms with Crippen molar-refractivity contribution in [1.82, 2.24) is 4.90 Å². The largest absolute Gasteiger partial charge is 0.377 e. The molecular formula is C24H35N3O2. The van der Waals surface area contributed by atoms with Crippen LogP contribution >= 0.6 is 0 Å². The number of nitrogens with one attached hydrogen (secondary N) is 1. The van der Waals surface area contributed by atoms with Gasteiger partial charge in [-0.25, -0.2) is 0 Å². The molecule has 0 spiro atoms. The molecule has 1 aromatic carbocycles. The Bertz CT molecular complexity index is 711. The molecule has 2 heterocycles. The molecule has 6 atom stereocenters. The Morgan fingerprint density at radius 1 is 0.828 bits per heavy atom. The second kappa shape index (κ2) is 8.25. The van der Waals surface area contributed by atoms with Crippen molar-refractivity contribution in [3.05, 3.63) is 34.4 Å². The number of nitro benzene ring substituents is 1. The second-order valence-corrected chi connectivity index (χ2v) is 10.2. The van der Waals surface area contributed by atoms with Crippen LogP contribution in [0, 0.1) is 22.0 Å². The number of fused-ring (bicyclic) bond motifs is 4. The molecule has 0 aromatic heterocycles. The first-order valence-corrected chi connectivity index (χ1v) is 11.9. The van der Waals surface area contributed by atoms with Crippen LogP contribution in [-0.2, 0) is 0 Å². The highest BCUT2D eigenvalue weighted by atomic mass is 16.6. The average Bonchev–Trinajstić information content (AvgIpc) is 2.87. The number of anilines is 1. The summed E-state index contributed by atoms with van der Waals surface area (Å²) in [5.74, 6) is 1.93. The number of nitrogens with zero attached hydrogens (tertiary/aromatic N) is 2. The minimum atomic E-state index is -0.262. The van der Waals surface area contributed by atoms with Crippen LogP contribution in [0.5, 0.6) is 0 Å². The van der Waals surface area contributed by atoms with Crippen molar-refractivity contribution in [3.8, 4) is 0 Å². The Labute approximate surface area is 174 Å². The Kier molecular flexibility index (Phi) is 5.51. The van der Waals surface area contributed by atoms with E-state index in [1.54, 1.807) is 12.1 Å². The molecule has 4 bridgehead atoms. The summed E-state index contributed by atoms with van der Waals surface area (Å²) < 4.78 is 0. The lowest BCUT2D eigenvalue weighted by atomic mass is 9.73. The van der Waals surface area contributed by atoms with Crippen molar-refractivity contribution in [2.75, 3.05) is 5.32 Å². The van der Waals surface area contributed by atoms with Gasteiger partial charge < -0.3 is 5.32 Å². The van der Waals surface area contributed by atoms with E-state index in [2.05, 4.69) is 10.2 Å². The minimum absolute atomic E-state index is 0.205. The molecule has 29 heavy (non-hydrogen) atoms. The molecule has 2 aliphatic carbocycles. The lowest BCUT2D eigenvalue weighted by molar-refractivity contribution is -0.384. The highest BCUT2D eigenvalue weighted by Gasteiger charge is 2.44. The van der Waals surface area contributed by atoms with E-state index in [-0.39, 0.29) is 10.6 Å². The van der Waals surface area contributed by atoms with Gasteiger partial charge in [0.25, 0.3) is 5.69 Å². The molecule has 5 rings (SSSR count). The van der Waals surface area contributed by atoms with Gasteiger partial charge in [0.05, 0.1) is 4.92 Å². The van der Waals surface area contributed by atoms with Crippen LogP contribution in [-0.4, -0.2) is 34.0 Å². The Balaban J connectivity index is 1.30. The lowest BCUT2D eigenvalue weighted by Gasteiger charge is -2.54.